The zero-order valence-electron chi connectivity index (χ0n) is 16.6. The summed E-state index contributed by atoms with van der Waals surface area (Å²) in [5, 5.41) is 6.89. The lowest BCUT2D eigenvalue weighted by molar-refractivity contribution is 0.143. The average Bonchev–Trinajstić information content (AvgIpc) is 3.21. The van der Waals surface area contributed by atoms with E-state index in [2.05, 4.69) is 49.8 Å². The lowest BCUT2D eigenvalue weighted by Gasteiger charge is -2.20. The molecule has 2 aromatic rings. The van der Waals surface area contributed by atoms with Crippen molar-refractivity contribution in [3.8, 4) is 5.88 Å². The SMILES string of the molecule is CN=C(NCc1cccnc1OCCOC)NC1CCN(c2ccccc2)C1. The number of hydrogen-bond acceptors (Lipinski definition) is 5. The van der Waals surface area contributed by atoms with Gasteiger partial charge in [0, 0.05) is 57.3 Å². The van der Waals surface area contributed by atoms with Crippen molar-refractivity contribution < 1.29 is 9.47 Å². The second-order valence-electron chi connectivity index (χ2n) is 6.65. The second kappa shape index (κ2) is 10.5. The van der Waals surface area contributed by atoms with E-state index in [0.717, 1.165) is 31.0 Å². The van der Waals surface area contributed by atoms with Crippen LogP contribution in [0.3, 0.4) is 0 Å². The minimum atomic E-state index is 0.359. The third kappa shape index (κ3) is 5.60. The number of ether oxygens (including phenoxy) is 2. The van der Waals surface area contributed by atoms with Crippen molar-refractivity contribution >= 4 is 11.6 Å². The average molecular weight is 383 g/mol. The fraction of sp³-hybridized carbons (Fsp3) is 0.429. The molecule has 2 heterocycles. The van der Waals surface area contributed by atoms with Crippen molar-refractivity contribution in [3.05, 3.63) is 54.2 Å². The lowest BCUT2D eigenvalue weighted by Crippen LogP contribution is -2.44. The van der Waals surface area contributed by atoms with E-state index in [4.69, 9.17) is 9.47 Å². The molecular weight excluding hydrogens is 354 g/mol. The van der Waals surface area contributed by atoms with Crippen LogP contribution in [0.4, 0.5) is 5.69 Å². The number of benzene rings is 1. The first-order valence-electron chi connectivity index (χ1n) is 9.63. The Morgan fingerprint density at radius 3 is 2.86 bits per heavy atom. The van der Waals surface area contributed by atoms with Gasteiger partial charge in [0.05, 0.1) is 6.61 Å². The Morgan fingerprint density at radius 1 is 1.21 bits per heavy atom. The minimum Gasteiger partial charge on any atom is -0.475 e. The van der Waals surface area contributed by atoms with Crippen LogP contribution in [0.2, 0.25) is 0 Å². The molecule has 0 aliphatic carbocycles. The molecule has 0 saturated carbocycles. The normalized spacial score (nSPS) is 16.9. The summed E-state index contributed by atoms with van der Waals surface area (Å²) in [5.41, 5.74) is 2.25. The molecule has 7 nitrogen and oxygen atoms in total. The molecule has 0 amide bonds. The van der Waals surface area contributed by atoms with Gasteiger partial charge in [-0.15, -0.1) is 0 Å². The van der Waals surface area contributed by atoms with E-state index in [1.807, 2.05) is 18.2 Å². The first kappa shape index (κ1) is 19.9. The third-order valence-electron chi connectivity index (χ3n) is 4.70. The van der Waals surface area contributed by atoms with Gasteiger partial charge in [-0.2, -0.15) is 0 Å². The van der Waals surface area contributed by atoms with E-state index < -0.39 is 0 Å². The molecule has 1 aromatic carbocycles. The number of hydrogen-bond donors (Lipinski definition) is 2. The van der Waals surface area contributed by atoms with E-state index in [-0.39, 0.29) is 0 Å². The maximum atomic E-state index is 5.70. The molecule has 2 N–H and O–H groups in total. The zero-order valence-corrected chi connectivity index (χ0v) is 16.6. The molecule has 0 bridgehead atoms. The van der Waals surface area contributed by atoms with Gasteiger partial charge in [0.2, 0.25) is 5.88 Å². The van der Waals surface area contributed by atoms with Crippen molar-refractivity contribution in [2.75, 3.05) is 45.4 Å². The number of methoxy groups -OCH3 is 1. The maximum absolute atomic E-state index is 5.70. The standard InChI is InChI=1S/C21H29N5O2/c1-22-21(24-15-17-7-6-11-23-20(17)28-14-13-27-2)25-18-10-12-26(16-18)19-8-4-3-5-9-19/h3-9,11,18H,10,12-16H2,1-2H3,(H2,22,24,25). The summed E-state index contributed by atoms with van der Waals surface area (Å²) in [4.78, 5) is 11.1. The Morgan fingerprint density at radius 2 is 2.07 bits per heavy atom. The largest absolute Gasteiger partial charge is 0.475 e. The molecule has 7 heteroatoms. The third-order valence-corrected chi connectivity index (χ3v) is 4.70. The summed E-state index contributed by atoms with van der Waals surface area (Å²) < 4.78 is 10.7. The predicted octanol–water partition coefficient (Wildman–Crippen LogP) is 2.05. The number of guanidine groups is 1. The summed E-state index contributed by atoms with van der Waals surface area (Å²) in [6.07, 6.45) is 2.81. The van der Waals surface area contributed by atoms with Gasteiger partial charge in [0.1, 0.15) is 6.61 Å². The highest BCUT2D eigenvalue weighted by molar-refractivity contribution is 5.80. The predicted molar refractivity (Wildman–Crippen MR) is 112 cm³/mol. The summed E-state index contributed by atoms with van der Waals surface area (Å²) in [6, 6.07) is 14.8. The summed E-state index contributed by atoms with van der Waals surface area (Å²) in [6.45, 7) is 3.60. The quantitative estimate of drug-likeness (QED) is 0.413. The van der Waals surface area contributed by atoms with Crippen LogP contribution >= 0.6 is 0 Å². The minimum absolute atomic E-state index is 0.359. The Hall–Kier alpha value is -2.80. The molecule has 1 aliphatic rings. The Labute approximate surface area is 166 Å². The molecule has 0 radical (unpaired) electrons. The van der Waals surface area contributed by atoms with Crippen LogP contribution in [-0.4, -0.2) is 57.4 Å². The number of para-hydroxylation sites is 1. The number of nitrogens with zero attached hydrogens (tertiary/aromatic N) is 3. The van der Waals surface area contributed by atoms with Crippen LogP contribution in [0.15, 0.2) is 53.7 Å². The van der Waals surface area contributed by atoms with E-state index in [0.29, 0.717) is 31.7 Å². The topological polar surface area (TPSA) is 71.0 Å². The highest BCUT2D eigenvalue weighted by Crippen LogP contribution is 2.19. The van der Waals surface area contributed by atoms with Gasteiger partial charge in [0.15, 0.2) is 5.96 Å². The number of aliphatic imine (C=N–C) groups is 1. The Bertz CT molecular complexity index is 753. The molecule has 3 rings (SSSR count). The van der Waals surface area contributed by atoms with Gasteiger partial charge >= 0.3 is 0 Å². The molecule has 1 aliphatic heterocycles. The molecular formula is C21H29N5O2. The van der Waals surface area contributed by atoms with Gasteiger partial charge in [0.25, 0.3) is 0 Å². The fourth-order valence-corrected chi connectivity index (χ4v) is 3.23. The number of pyridine rings is 1. The molecule has 1 saturated heterocycles. The first-order chi connectivity index (χ1) is 13.8. The molecule has 1 unspecified atom stereocenters. The van der Waals surface area contributed by atoms with E-state index in [9.17, 15) is 0 Å². The molecule has 1 atom stereocenters. The molecule has 0 spiro atoms. The summed E-state index contributed by atoms with van der Waals surface area (Å²) in [7, 11) is 3.44. The fourth-order valence-electron chi connectivity index (χ4n) is 3.23. The van der Waals surface area contributed by atoms with E-state index in [1.165, 1.54) is 5.69 Å². The smallest absolute Gasteiger partial charge is 0.218 e. The highest BCUT2D eigenvalue weighted by atomic mass is 16.5. The Balaban J connectivity index is 1.51. The van der Waals surface area contributed by atoms with Crippen LogP contribution in [0.1, 0.15) is 12.0 Å². The van der Waals surface area contributed by atoms with Gasteiger partial charge in [-0.3, -0.25) is 4.99 Å². The van der Waals surface area contributed by atoms with Crippen molar-refractivity contribution in [2.24, 2.45) is 4.99 Å². The van der Waals surface area contributed by atoms with E-state index in [1.54, 1.807) is 20.4 Å². The van der Waals surface area contributed by atoms with Crippen molar-refractivity contribution in [1.29, 1.82) is 0 Å². The monoisotopic (exact) mass is 383 g/mol. The van der Waals surface area contributed by atoms with Crippen molar-refractivity contribution in [2.45, 2.75) is 19.0 Å². The van der Waals surface area contributed by atoms with Gasteiger partial charge in [-0.1, -0.05) is 24.3 Å². The van der Waals surface area contributed by atoms with Crippen LogP contribution in [0.5, 0.6) is 5.88 Å². The maximum Gasteiger partial charge on any atom is 0.218 e. The van der Waals surface area contributed by atoms with E-state index >= 15 is 0 Å². The van der Waals surface area contributed by atoms with Crippen molar-refractivity contribution in [1.82, 2.24) is 15.6 Å². The first-order valence-corrected chi connectivity index (χ1v) is 9.63. The number of anilines is 1. The van der Waals surface area contributed by atoms with Crippen molar-refractivity contribution in [3.63, 3.8) is 0 Å². The molecule has 1 aromatic heterocycles. The van der Waals surface area contributed by atoms with Crippen LogP contribution in [-0.2, 0) is 11.3 Å². The van der Waals surface area contributed by atoms with Gasteiger partial charge in [-0.05, 0) is 24.6 Å². The second-order valence-corrected chi connectivity index (χ2v) is 6.65. The highest BCUT2D eigenvalue weighted by Gasteiger charge is 2.23. The molecule has 1 fully saturated rings. The van der Waals surface area contributed by atoms with Crippen LogP contribution in [0, 0.1) is 0 Å². The molecule has 28 heavy (non-hydrogen) atoms. The molecule has 150 valence electrons. The Kier molecular flexibility index (Phi) is 7.49. The summed E-state index contributed by atoms with van der Waals surface area (Å²) >= 11 is 0. The summed E-state index contributed by atoms with van der Waals surface area (Å²) in [5.74, 6) is 1.41. The number of aromatic nitrogens is 1. The number of rotatable bonds is 8. The van der Waals surface area contributed by atoms with Gasteiger partial charge < -0.3 is 25.0 Å². The van der Waals surface area contributed by atoms with Crippen LogP contribution in [0.25, 0.3) is 0 Å². The lowest BCUT2D eigenvalue weighted by atomic mass is 10.2. The number of nitrogens with one attached hydrogen (secondary N) is 2. The van der Waals surface area contributed by atoms with Crippen LogP contribution < -0.4 is 20.3 Å². The zero-order chi connectivity index (χ0) is 19.6. The van der Waals surface area contributed by atoms with Gasteiger partial charge in [-0.25, -0.2) is 4.98 Å².